The molecule has 3 nitrogen and oxygen atoms in total. The summed E-state index contributed by atoms with van der Waals surface area (Å²) < 4.78 is 0. The summed E-state index contributed by atoms with van der Waals surface area (Å²) in [5.41, 5.74) is 1.07. The highest BCUT2D eigenvalue weighted by atomic mass is 35.5. The molecule has 1 fully saturated rings. The molecule has 2 amide bonds. The van der Waals surface area contributed by atoms with Crippen LogP contribution in [0.15, 0.2) is 24.3 Å². The molecule has 1 heterocycles. The molecule has 0 saturated carbocycles. The number of hydrogen-bond acceptors (Lipinski definition) is 1. The lowest BCUT2D eigenvalue weighted by molar-refractivity contribution is 0.132. The second-order valence-electron chi connectivity index (χ2n) is 5.79. The van der Waals surface area contributed by atoms with E-state index in [1.807, 2.05) is 48.0 Å². The first-order chi connectivity index (χ1) is 9.49. The standard InChI is InChI=1S/C16H23ClN2O/c1-12-7-9-19(10-8-12)16(20)18(3)13(2)14-5-4-6-15(17)11-14/h4-6,11-13H,7-10H2,1-3H3. The minimum absolute atomic E-state index is 0.0283. The van der Waals surface area contributed by atoms with Crippen molar-refractivity contribution in [3.8, 4) is 0 Å². The highest BCUT2D eigenvalue weighted by Crippen LogP contribution is 2.24. The number of likely N-dealkylation sites (tertiary alicyclic amines) is 1. The summed E-state index contributed by atoms with van der Waals surface area (Å²) in [6.45, 7) is 6.02. The van der Waals surface area contributed by atoms with Gasteiger partial charge in [-0.2, -0.15) is 0 Å². The summed E-state index contributed by atoms with van der Waals surface area (Å²) in [4.78, 5) is 16.3. The number of urea groups is 1. The summed E-state index contributed by atoms with van der Waals surface area (Å²) >= 11 is 6.02. The van der Waals surface area contributed by atoms with Crippen molar-refractivity contribution >= 4 is 17.6 Å². The van der Waals surface area contributed by atoms with Crippen LogP contribution in [-0.2, 0) is 0 Å². The predicted octanol–water partition coefficient (Wildman–Crippen LogP) is 4.18. The molecule has 0 aromatic heterocycles. The second-order valence-corrected chi connectivity index (χ2v) is 6.23. The van der Waals surface area contributed by atoms with E-state index in [9.17, 15) is 4.79 Å². The molecule has 2 rings (SSSR count). The van der Waals surface area contributed by atoms with Gasteiger partial charge in [-0.05, 0) is 43.4 Å². The molecule has 20 heavy (non-hydrogen) atoms. The fraction of sp³-hybridized carbons (Fsp3) is 0.562. The molecule has 0 bridgehead atoms. The lowest BCUT2D eigenvalue weighted by Crippen LogP contribution is -2.45. The molecule has 0 N–H and O–H groups in total. The van der Waals surface area contributed by atoms with E-state index in [1.54, 1.807) is 0 Å². The first kappa shape index (κ1) is 15.2. The number of carbonyl (C=O) groups is 1. The molecule has 0 aliphatic carbocycles. The summed E-state index contributed by atoms with van der Waals surface area (Å²) in [6.07, 6.45) is 2.20. The largest absolute Gasteiger partial charge is 0.325 e. The van der Waals surface area contributed by atoms with Gasteiger partial charge in [0.2, 0.25) is 0 Å². The molecular formula is C16H23ClN2O. The molecule has 4 heteroatoms. The van der Waals surface area contributed by atoms with Gasteiger partial charge in [0.15, 0.2) is 0 Å². The van der Waals surface area contributed by atoms with Crippen molar-refractivity contribution in [1.29, 1.82) is 0 Å². The van der Waals surface area contributed by atoms with Gasteiger partial charge in [-0.15, -0.1) is 0 Å². The molecule has 0 radical (unpaired) electrons. The molecule has 1 saturated heterocycles. The summed E-state index contributed by atoms with van der Waals surface area (Å²) in [7, 11) is 1.87. The van der Waals surface area contributed by atoms with Crippen molar-refractivity contribution < 1.29 is 4.79 Å². The number of halogens is 1. The highest BCUT2D eigenvalue weighted by Gasteiger charge is 2.25. The Balaban J connectivity index is 2.02. The quantitative estimate of drug-likeness (QED) is 0.802. The fourth-order valence-electron chi connectivity index (χ4n) is 2.58. The molecule has 0 spiro atoms. The van der Waals surface area contributed by atoms with E-state index in [0.29, 0.717) is 5.02 Å². The van der Waals surface area contributed by atoms with Gasteiger partial charge in [0.25, 0.3) is 0 Å². The maximum atomic E-state index is 12.5. The molecule has 1 aliphatic rings. The number of carbonyl (C=O) groups excluding carboxylic acids is 1. The SMILES string of the molecule is CC1CCN(C(=O)N(C)C(C)c2cccc(Cl)c2)CC1. The molecule has 1 aromatic carbocycles. The molecule has 110 valence electrons. The summed E-state index contributed by atoms with van der Waals surface area (Å²) in [5, 5.41) is 0.710. The lowest BCUT2D eigenvalue weighted by Gasteiger charge is -2.35. The van der Waals surface area contributed by atoms with Crippen molar-refractivity contribution in [3.63, 3.8) is 0 Å². The van der Waals surface area contributed by atoms with Crippen LogP contribution in [0.1, 0.15) is 38.3 Å². The van der Waals surface area contributed by atoms with Gasteiger partial charge in [0, 0.05) is 25.2 Å². The van der Waals surface area contributed by atoms with E-state index < -0.39 is 0 Å². The van der Waals surface area contributed by atoms with Crippen LogP contribution in [0, 0.1) is 5.92 Å². The van der Waals surface area contributed by atoms with Crippen LogP contribution in [-0.4, -0.2) is 36.0 Å². The maximum Gasteiger partial charge on any atom is 0.320 e. The third-order valence-electron chi connectivity index (χ3n) is 4.27. The van der Waals surface area contributed by atoms with E-state index in [2.05, 4.69) is 6.92 Å². The van der Waals surface area contributed by atoms with Gasteiger partial charge in [-0.1, -0.05) is 30.7 Å². The van der Waals surface area contributed by atoms with Crippen LogP contribution in [0.25, 0.3) is 0 Å². The van der Waals surface area contributed by atoms with Gasteiger partial charge in [0.05, 0.1) is 6.04 Å². The van der Waals surface area contributed by atoms with Crippen LogP contribution in [0.3, 0.4) is 0 Å². The van der Waals surface area contributed by atoms with Gasteiger partial charge in [0.1, 0.15) is 0 Å². The van der Waals surface area contributed by atoms with E-state index >= 15 is 0 Å². The minimum atomic E-state index is 0.0283. The average molecular weight is 295 g/mol. The number of rotatable bonds is 2. The first-order valence-corrected chi connectivity index (χ1v) is 7.64. The number of benzene rings is 1. The highest BCUT2D eigenvalue weighted by molar-refractivity contribution is 6.30. The monoisotopic (exact) mass is 294 g/mol. The van der Waals surface area contributed by atoms with E-state index in [-0.39, 0.29) is 12.1 Å². The zero-order valence-corrected chi connectivity index (χ0v) is 13.2. The van der Waals surface area contributed by atoms with Crippen LogP contribution in [0.4, 0.5) is 4.79 Å². The van der Waals surface area contributed by atoms with Crippen molar-refractivity contribution in [2.75, 3.05) is 20.1 Å². The molecule has 1 aromatic rings. The van der Waals surface area contributed by atoms with Crippen molar-refractivity contribution in [2.24, 2.45) is 5.92 Å². The zero-order valence-electron chi connectivity index (χ0n) is 12.5. The van der Waals surface area contributed by atoms with E-state index in [0.717, 1.165) is 37.4 Å². The van der Waals surface area contributed by atoms with Crippen LogP contribution in [0.2, 0.25) is 5.02 Å². The van der Waals surface area contributed by atoms with Crippen LogP contribution in [0.5, 0.6) is 0 Å². The molecular weight excluding hydrogens is 272 g/mol. The Bertz CT molecular complexity index is 469. The fourth-order valence-corrected chi connectivity index (χ4v) is 2.78. The maximum absolute atomic E-state index is 12.5. The Kier molecular flexibility index (Phi) is 4.92. The Labute approximate surface area is 126 Å². The normalized spacial score (nSPS) is 17.9. The Morgan fingerprint density at radius 1 is 1.40 bits per heavy atom. The Morgan fingerprint density at radius 2 is 2.05 bits per heavy atom. The predicted molar refractivity (Wildman–Crippen MR) is 83.0 cm³/mol. The van der Waals surface area contributed by atoms with E-state index in [1.165, 1.54) is 0 Å². The number of amides is 2. The minimum Gasteiger partial charge on any atom is -0.325 e. The number of piperidine rings is 1. The molecule has 1 unspecified atom stereocenters. The number of nitrogens with zero attached hydrogens (tertiary/aromatic N) is 2. The van der Waals surface area contributed by atoms with Gasteiger partial charge >= 0.3 is 6.03 Å². The topological polar surface area (TPSA) is 23.6 Å². The Morgan fingerprint density at radius 3 is 2.65 bits per heavy atom. The number of hydrogen-bond donors (Lipinski definition) is 0. The third-order valence-corrected chi connectivity index (χ3v) is 4.50. The van der Waals surface area contributed by atoms with Crippen LogP contribution >= 0.6 is 11.6 Å². The Hall–Kier alpha value is -1.22. The average Bonchev–Trinajstić information content (AvgIpc) is 2.46. The van der Waals surface area contributed by atoms with E-state index in [4.69, 9.17) is 11.6 Å². The van der Waals surface area contributed by atoms with Crippen molar-refractivity contribution in [1.82, 2.24) is 9.80 Å². The molecule has 1 atom stereocenters. The van der Waals surface area contributed by atoms with Crippen molar-refractivity contribution in [3.05, 3.63) is 34.9 Å². The first-order valence-electron chi connectivity index (χ1n) is 7.26. The zero-order chi connectivity index (χ0) is 14.7. The second kappa shape index (κ2) is 6.49. The van der Waals surface area contributed by atoms with Gasteiger partial charge in [-0.25, -0.2) is 4.79 Å². The smallest absolute Gasteiger partial charge is 0.320 e. The lowest BCUT2D eigenvalue weighted by atomic mass is 9.99. The summed E-state index contributed by atoms with van der Waals surface area (Å²) in [6, 6.07) is 7.86. The van der Waals surface area contributed by atoms with Gasteiger partial charge < -0.3 is 9.80 Å². The third kappa shape index (κ3) is 3.45. The summed E-state index contributed by atoms with van der Waals surface area (Å²) in [5.74, 6) is 0.731. The van der Waals surface area contributed by atoms with Gasteiger partial charge in [-0.3, -0.25) is 0 Å². The van der Waals surface area contributed by atoms with Crippen LogP contribution < -0.4 is 0 Å². The molecule has 1 aliphatic heterocycles. The van der Waals surface area contributed by atoms with Crippen molar-refractivity contribution in [2.45, 2.75) is 32.7 Å².